The van der Waals surface area contributed by atoms with Crippen molar-refractivity contribution in [1.82, 2.24) is 15.1 Å². The van der Waals surface area contributed by atoms with Gasteiger partial charge in [0, 0.05) is 25.5 Å². The molecule has 0 N–H and O–H groups in total. The first-order valence-corrected chi connectivity index (χ1v) is 7.38. The molecule has 0 saturated carbocycles. The third-order valence-electron chi connectivity index (χ3n) is 3.73. The van der Waals surface area contributed by atoms with Gasteiger partial charge in [-0.15, -0.1) is 10.2 Å². The number of nitrogens with zero attached hydrogens (tertiary/aromatic N) is 3. The quantitative estimate of drug-likeness (QED) is 0.863. The molecule has 1 unspecified atom stereocenters. The molecule has 7 heteroatoms. The molecule has 1 aliphatic heterocycles. The molecule has 2 aromatic rings. The van der Waals surface area contributed by atoms with Crippen LogP contribution in [0.1, 0.15) is 46.6 Å². The van der Waals surface area contributed by atoms with E-state index in [4.69, 9.17) is 13.6 Å². The van der Waals surface area contributed by atoms with Gasteiger partial charge in [-0.1, -0.05) is 6.92 Å². The second-order valence-electron chi connectivity index (χ2n) is 5.33. The Bertz CT molecular complexity index is 676. The van der Waals surface area contributed by atoms with E-state index in [0.717, 1.165) is 17.7 Å². The van der Waals surface area contributed by atoms with E-state index in [1.807, 2.05) is 19.9 Å². The van der Waals surface area contributed by atoms with Gasteiger partial charge in [-0.25, -0.2) is 0 Å². The summed E-state index contributed by atoms with van der Waals surface area (Å²) in [6, 6.07) is 1.52. The second kappa shape index (κ2) is 5.92. The maximum absolute atomic E-state index is 12.8. The van der Waals surface area contributed by atoms with E-state index in [1.54, 1.807) is 11.8 Å². The van der Waals surface area contributed by atoms with Crippen LogP contribution in [0.4, 0.5) is 0 Å². The Balaban J connectivity index is 1.89. The normalized spacial score (nSPS) is 18.7. The lowest BCUT2D eigenvalue weighted by atomic mass is 10.1. The van der Waals surface area contributed by atoms with Gasteiger partial charge in [-0.05, 0) is 13.0 Å². The summed E-state index contributed by atoms with van der Waals surface area (Å²) < 4.78 is 16.6. The Labute approximate surface area is 128 Å². The van der Waals surface area contributed by atoms with Crippen LogP contribution in [-0.2, 0) is 11.2 Å². The molecular formula is C15H19N3O4. The van der Waals surface area contributed by atoms with Gasteiger partial charge < -0.3 is 18.5 Å². The van der Waals surface area contributed by atoms with E-state index in [0.29, 0.717) is 37.3 Å². The fourth-order valence-electron chi connectivity index (χ4n) is 2.56. The van der Waals surface area contributed by atoms with Gasteiger partial charge in [0.1, 0.15) is 11.8 Å². The molecule has 0 aromatic carbocycles. The summed E-state index contributed by atoms with van der Waals surface area (Å²) in [5.74, 6) is 1.88. The van der Waals surface area contributed by atoms with Crippen molar-refractivity contribution in [1.29, 1.82) is 0 Å². The fourth-order valence-corrected chi connectivity index (χ4v) is 2.56. The zero-order valence-electron chi connectivity index (χ0n) is 13.0. The fraction of sp³-hybridized carbons (Fsp3) is 0.533. The van der Waals surface area contributed by atoms with Crippen molar-refractivity contribution in [2.75, 3.05) is 19.8 Å². The zero-order chi connectivity index (χ0) is 15.7. The molecule has 22 heavy (non-hydrogen) atoms. The topological polar surface area (TPSA) is 81.6 Å². The average molecular weight is 305 g/mol. The Morgan fingerprint density at radius 3 is 2.82 bits per heavy atom. The van der Waals surface area contributed by atoms with Gasteiger partial charge >= 0.3 is 0 Å². The largest absolute Gasteiger partial charge is 0.456 e. The molecule has 1 fully saturated rings. The molecular weight excluding hydrogens is 286 g/mol. The summed E-state index contributed by atoms with van der Waals surface area (Å²) in [4.78, 5) is 14.5. The molecule has 2 aromatic heterocycles. The summed E-state index contributed by atoms with van der Waals surface area (Å²) in [7, 11) is 0. The van der Waals surface area contributed by atoms with E-state index in [2.05, 4.69) is 10.2 Å². The van der Waals surface area contributed by atoms with Crippen LogP contribution in [0.2, 0.25) is 0 Å². The number of morpholine rings is 1. The van der Waals surface area contributed by atoms with Crippen LogP contribution in [0, 0.1) is 13.8 Å². The number of aryl methyl sites for hydroxylation is 3. The molecule has 0 aliphatic carbocycles. The standard InChI is InChI=1S/C15H19N3O4/c1-4-11-7-9(2)13(22-11)15(19)18-5-6-20-8-12(18)14-17-16-10(3)21-14/h7,12H,4-6,8H2,1-3H3. The van der Waals surface area contributed by atoms with Crippen molar-refractivity contribution in [2.24, 2.45) is 0 Å². The molecule has 0 bridgehead atoms. The Kier molecular flexibility index (Phi) is 3.98. The maximum atomic E-state index is 12.8. The highest BCUT2D eigenvalue weighted by molar-refractivity contribution is 5.93. The van der Waals surface area contributed by atoms with Crippen LogP contribution in [0.25, 0.3) is 0 Å². The van der Waals surface area contributed by atoms with E-state index in [1.165, 1.54) is 0 Å². The number of hydrogen-bond acceptors (Lipinski definition) is 6. The number of carbonyl (C=O) groups is 1. The first-order valence-electron chi connectivity index (χ1n) is 7.38. The highest BCUT2D eigenvalue weighted by atomic mass is 16.5. The number of furan rings is 1. The van der Waals surface area contributed by atoms with E-state index in [9.17, 15) is 4.79 Å². The van der Waals surface area contributed by atoms with E-state index >= 15 is 0 Å². The summed E-state index contributed by atoms with van der Waals surface area (Å²) in [6.07, 6.45) is 0.753. The lowest BCUT2D eigenvalue weighted by Gasteiger charge is -2.32. The third kappa shape index (κ3) is 2.64. The van der Waals surface area contributed by atoms with Crippen molar-refractivity contribution in [3.8, 4) is 0 Å². The minimum absolute atomic E-state index is 0.165. The molecule has 7 nitrogen and oxygen atoms in total. The summed E-state index contributed by atoms with van der Waals surface area (Å²) in [6.45, 7) is 6.88. The van der Waals surface area contributed by atoms with Crippen LogP contribution in [-0.4, -0.2) is 40.8 Å². The number of rotatable bonds is 3. The van der Waals surface area contributed by atoms with Gasteiger partial charge in [0.05, 0.1) is 13.2 Å². The molecule has 0 spiro atoms. The predicted molar refractivity (Wildman–Crippen MR) is 76.5 cm³/mol. The minimum atomic E-state index is -0.378. The predicted octanol–water partition coefficient (Wildman–Crippen LogP) is 2.06. The lowest BCUT2D eigenvalue weighted by Crippen LogP contribution is -2.43. The summed E-state index contributed by atoms with van der Waals surface area (Å²) >= 11 is 0. The van der Waals surface area contributed by atoms with Gasteiger partial charge in [0.15, 0.2) is 5.76 Å². The molecule has 1 aliphatic rings. The number of hydrogen-bond donors (Lipinski definition) is 0. The molecule has 3 rings (SSSR count). The van der Waals surface area contributed by atoms with Crippen LogP contribution in [0.3, 0.4) is 0 Å². The average Bonchev–Trinajstić information content (AvgIpc) is 3.12. The minimum Gasteiger partial charge on any atom is -0.456 e. The van der Waals surface area contributed by atoms with Crippen molar-refractivity contribution in [3.05, 3.63) is 34.9 Å². The summed E-state index contributed by atoms with van der Waals surface area (Å²) in [5, 5.41) is 7.85. The highest BCUT2D eigenvalue weighted by Crippen LogP contribution is 2.27. The van der Waals surface area contributed by atoms with E-state index in [-0.39, 0.29) is 11.9 Å². The zero-order valence-corrected chi connectivity index (χ0v) is 13.0. The van der Waals surface area contributed by atoms with Crippen LogP contribution in [0.15, 0.2) is 14.9 Å². The molecule has 1 amide bonds. The van der Waals surface area contributed by atoms with Crippen molar-refractivity contribution in [2.45, 2.75) is 33.2 Å². The van der Waals surface area contributed by atoms with E-state index < -0.39 is 0 Å². The number of amides is 1. The SMILES string of the molecule is CCc1cc(C)c(C(=O)N2CCOCC2c2nnc(C)o2)o1. The number of aromatic nitrogens is 2. The first kappa shape index (κ1) is 14.8. The van der Waals surface area contributed by atoms with Gasteiger partial charge in [0.25, 0.3) is 5.91 Å². The molecule has 1 saturated heterocycles. The number of carbonyl (C=O) groups excluding carboxylic acids is 1. The highest BCUT2D eigenvalue weighted by Gasteiger charge is 2.35. The first-order chi connectivity index (χ1) is 10.6. The van der Waals surface area contributed by atoms with Crippen molar-refractivity contribution >= 4 is 5.91 Å². The molecule has 118 valence electrons. The van der Waals surface area contributed by atoms with Gasteiger partial charge in [0.2, 0.25) is 11.8 Å². The second-order valence-corrected chi connectivity index (χ2v) is 5.33. The smallest absolute Gasteiger partial charge is 0.290 e. The van der Waals surface area contributed by atoms with Crippen LogP contribution < -0.4 is 0 Å². The monoisotopic (exact) mass is 305 g/mol. The Morgan fingerprint density at radius 2 is 2.18 bits per heavy atom. The molecule has 0 radical (unpaired) electrons. The van der Waals surface area contributed by atoms with Crippen molar-refractivity contribution < 1.29 is 18.4 Å². The van der Waals surface area contributed by atoms with Gasteiger partial charge in [-0.2, -0.15) is 0 Å². The molecule has 1 atom stereocenters. The van der Waals surface area contributed by atoms with Crippen molar-refractivity contribution in [3.63, 3.8) is 0 Å². The molecule has 3 heterocycles. The van der Waals surface area contributed by atoms with Gasteiger partial charge in [-0.3, -0.25) is 4.79 Å². The lowest BCUT2D eigenvalue weighted by molar-refractivity contribution is -0.0122. The van der Waals surface area contributed by atoms with Crippen LogP contribution in [0.5, 0.6) is 0 Å². The Hall–Kier alpha value is -2.15. The summed E-state index contributed by atoms with van der Waals surface area (Å²) in [5.41, 5.74) is 0.841. The third-order valence-corrected chi connectivity index (χ3v) is 3.73. The number of ether oxygens (including phenoxy) is 1. The Morgan fingerprint density at radius 1 is 1.36 bits per heavy atom. The maximum Gasteiger partial charge on any atom is 0.290 e. The van der Waals surface area contributed by atoms with Crippen LogP contribution >= 0.6 is 0 Å².